The van der Waals surface area contributed by atoms with Gasteiger partial charge in [0.2, 0.25) is 5.95 Å². The number of allylic oxidation sites excluding steroid dienone is 4. The molecule has 0 fully saturated rings. The summed E-state index contributed by atoms with van der Waals surface area (Å²) in [5, 5.41) is 4.71. The molecule has 2 aromatic heterocycles. The lowest BCUT2D eigenvalue weighted by Gasteiger charge is -2.42. The topological polar surface area (TPSA) is 46.8 Å². The molecule has 0 saturated carbocycles. The van der Waals surface area contributed by atoms with E-state index in [0.29, 0.717) is 11.8 Å². The maximum absolute atomic E-state index is 5.30. The molecule has 51 heavy (non-hydrogen) atoms. The van der Waals surface area contributed by atoms with E-state index in [4.69, 9.17) is 15.0 Å². The molecule has 1 aliphatic heterocycles. The van der Waals surface area contributed by atoms with Crippen molar-refractivity contribution < 1.29 is 0 Å². The number of para-hydroxylation sites is 2. The van der Waals surface area contributed by atoms with E-state index in [-0.39, 0.29) is 11.3 Å². The van der Waals surface area contributed by atoms with Gasteiger partial charge in [-0.3, -0.25) is 4.57 Å². The number of aromatic nitrogens is 4. The number of benzene rings is 6. The first-order chi connectivity index (χ1) is 25.0. The van der Waals surface area contributed by atoms with Gasteiger partial charge in [-0.05, 0) is 70.8 Å². The molecule has 0 amide bonds. The van der Waals surface area contributed by atoms with Crippen molar-refractivity contribution in [1.82, 2.24) is 19.5 Å². The standard InChI is InChI=1S/C46H35N5/c1-46(2)37-24-14-15-25-39(37)50(34-22-10-5-11-23-34)42-28-36-35-26-32-20-12-13-21-33(32)27-40(35)51(41(36)29-38(42)46)45-48-43(30-16-6-3-7-17-30)47-44(49-45)31-18-8-4-9-19-31/h3-18,20-29,31H,19H2,1-2H3. The van der Waals surface area contributed by atoms with E-state index in [1.54, 1.807) is 0 Å². The molecule has 5 heteroatoms. The average molecular weight is 658 g/mol. The average Bonchev–Trinajstić information content (AvgIpc) is 3.49. The van der Waals surface area contributed by atoms with E-state index in [1.807, 2.05) is 18.2 Å². The van der Waals surface area contributed by atoms with Crippen molar-refractivity contribution in [2.75, 3.05) is 4.90 Å². The van der Waals surface area contributed by atoms with Gasteiger partial charge in [0.25, 0.3) is 0 Å². The fourth-order valence-corrected chi connectivity index (χ4v) is 8.10. The van der Waals surface area contributed by atoms with E-state index < -0.39 is 0 Å². The second-order valence-corrected chi connectivity index (χ2v) is 14.1. The van der Waals surface area contributed by atoms with E-state index in [9.17, 15) is 0 Å². The van der Waals surface area contributed by atoms with Crippen LogP contribution >= 0.6 is 0 Å². The summed E-state index contributed by atoms with van der Waals surface area (Å²) in [6, 6.07) is 47.8. The van der Waals surface area contributed by atoms with Crippen molar-refractivity contribution in [1.29, 1.82) is 0 Å². The van der Waals surface area contributed by atoms with Gasteiger partial charge in [-0.1, -0.05) is 129 Å². The minimum absolute atomic E-state index is 0.0655. The highest BCUT2D eigenvalue weighted by Crippen LogP contribution is 2.53. The smallest absolute Gasteiger partial charge is 0.238 e. The summed E-state index contributed by atoms with van der Waals surface area (Å²) in [7, 11) is 0. The van der Waals surface area contributed by atoms with Crippen LogP contribution in [0, 0.1) is 0 Å². The number of anilines is 3. The van der Waals surface area contributed by atoms with Gasteiger partial charge in [-0.2, -0.15) is 9.97 Å². The Hall–Kier alpha value is -6.33. The Kier molecular flexibility index (Phi) is 6.59. The van der Waals surface area contributed by atoms with Crippen LogP contribution < -0.4 is 4.90 Å². The zero-order valence-electron chi connectivity index (χ0n) is 28.5. The molecule has 0 saturated heterocycles. The monoisotopic (exact) mass is 657 g/mol. The van der Waals surface area contributed by atoms with Crippen LogP contribution in [0.2, 0.25) is 0 Å². The zero-order valence-corrected chi connectivity index (χ0v) is 28.5. The van der Waals surface area contributed by atoms with Crippen molar-refractivity contribution in [2.45, 2.75) is 31.6 Å². The molecule has 0 radical (unpaired) electrons. The molecule has 8 aromatic rings. The fourth-order valence-electron chi connectivity index (χ4n) is 8.10. The molecule has 2 aliphatic rings. The Morgan fingerprint density at radius 2 is 1.29 bits per heavy atom. The summed E-state index contributed by atoms with van der Waals surface area (Å²) < 4.78 is 2.28. The summed E-state index contributed by atoms with van der Waals surface area (Å²) in [5.41, 5.74) is 8.93. The van der Waals surface area contributed by atoms with Crippen LogP contribution in [0.4, 0.5) is 17.1 Å². The summed E-state index contributed by atoms with van der Waals surface area (Å²) in [6.07, 6.45) is 9.42. The summed E-state index contributed by atoms with van der Waals surface area (Å²) in [4.78, 5) is 18.1. The normalized spacial score (nSPS) is 16.1. The summed E-state index contributed by atoms with van der Waals surface area (Å²) in [6.45, 7) is 4.69. The second kappa shape index (κ2) is 11.4. The summed E-state index contributed by atoms with van der Waals surface area (Å²) >= 11 is 0. The van der Waals surface area contributed by atoms with Crippen molar-refractivity contribution in [3.8, 4) is 17.3 Å². The van der Waals surface area contributed by atoms with Gasteiger partial charge in [0.05, 0.1) is 22.4 Å². The highest BCUT2D eigenvalue weighted by atomic mass is 15.2. The molecule has 1 unspecified atom stereocenters. The fraction of sp³-hybridized carbons (Fsp3) is 0.109. The van der Waals surface area contributed by atoms with Gasteiger partial charge in [0.15, 0.2) is 5.82 Å². The van der Waals surface area contributed by atoms with Gasteiger partial charge in [0, 0.05) is 33.4 Å². The molecule has 1 atom stereocenters. The van der Waals surface area contributed by atoms with Crippen molar-refractivity contribution >= 4 is 49.6 Å². The molecule has 0 spiro atoms. The number of fused-ring (bicyclic) bond motifs is 6. The highest BCUT2D eigenvalue weighted by Gasteiger charge is 2.38. The maximum Gasteiger partial charge on any atom is 0.238 e. The van der Waals surface area contributed by atoms with Crippen LogP contribution in [0.15, 0.2) is 158 Å². The molecule has 6 aromatic carbocycles. The van der Waals surface area contributed by atoms with Crippen molar-refractivity contribution in [3.05, 3.63) is 175 Å². The Balaban J connectivity index is 1.32. The van der Waals surface area contributed by atoms with Crippen molar-refractivity contribution in [3.63, 3.8) is 0 Å². The maximum atomic E-state index is 5.30. The molecule has 1 aliphatic carbocycles. The molecule has 0 N–H and O–H groups in total. The van der Waals surface area contributed by atoms with Gasteiger partial charge >= 0.3 is 0 Å². The predicted octanol–water partition coefficient (Wildman–Crippen LogP) is 11.5. The van der Waals surface area contributed by atoms with Crippen molar-refractivity contribution in [2.24, 2.45) is 0 Å². The number of rotatable bonds is 4. The quantitative estimate of drug-likeness (QED) is 0.189. The lowest BCUT2D eigenvalue weighted by atomic mass is 9.73. The van der Waals surface area contributed by atoms with Gasteiger partial charge in [-0.15, -0.1) is 0 Å². The Morgan fingerprint density at radius 1 is 0.608 bits per heavy atom. The second-order valence-electron chi connectivity index (χ2n) is 14.1. The molecule has 244 valence electrons. The largest absolute Gasteiger partial charge is 0.310 e. The van der Waals surface area contributed by atoms with Crippen LogP contribution in [0.25, 0.3) is 49.9 Å². The number of hydrogen-bond donors (Lipinski definition) is 0. The first kappa shape index (κ1) is 29.6. The van der Waals surface area contributed by atoms with E-state index >= 15 is 0 Å². The molecule has 0 bridgehead atoms. The number of hydrogen-bond acceptors (Lipinski definition) is 4. The third-order valence-electron chi connectivity index (χ3n) is 10.7. The van der Waals surface area contributed by atoms with E-state index in [2.05, 4.69) is 163 Å². The lowest BCUT2D eigenvalue weighted by Crippen LogP contribution is -2.30. The predicted molar refractivity (Wildman–Crippen MR) is 210 cm³/mol. The highest BCUT2D eigenvalue weighted by molar-refractivity contribution is 6.15. The molecule has 3 heterocycles. The lowest BCUT2D eigenvalue weighted by molar-refractivity contribution is 0.632. The van der Waals surface area contributed by atoms with Crippen LogP contribution in [0.1, 0.15) is 43.1 Å². The van der Waals surface area contributed by atoms with Gasteiger partial charge < -0.3 is 4.90 Å². The summed E-state index contributed by atoms with van der Waals surface area (Å²) in [5.74, 6) is 2.15. The first-order valence-corrected chi connectivity index (χ1v) is 17.7. The van der Waals surface area contributed by atoms with Crippen LogP contribution in [-0.4, -0.2) is 19.5 Å². The van der Waals surface area contributed by atoms with E-state index in [1.165, 1.54) is 38.7 Å². The molecule has 5 nitrogen and oxygen atoms in total. The third kappa shape index (κ3) is 4.65. The zero-order chi connectivity index (χ0) is 34.1. The van der Waals surface area contributed by atoms with Gasteiger partial charge in [0.1, 0.15) is 5.82 Å². The Morgan fingerprint density at radius 3 is 2.08 bits per heavy atom. The Labute approximate surface area is 296 Å². The van der Waals surface area contributed by atoms with E-state index in [0.717, 1.165) is 39.9 Å². The van der Waals surface area contributed by atoms with Crippen LogP contribution in [0.5, 0.6) is 0 Å². The molecular formula is C46H35N5. The minimum atomic E-state index is -0.268. The van der Waals surface area contributed by atoms with Crippen LogP contribution in [0.3, 0.4) is 0 Å². The SMILES string of the molecule is CC1(C)c2ccccc2N(c2ccccc2)c2cc3c4cc5ccccc5cc4n(-c4nc(-c5ccccc5)nc(C5C=CC=CC5)n4)c3cc21. The number of nitrogens with zero attached hydrogens (tertiary/aromatic N) is 5. The van der Waals surface area contributed by atoms with Crippen LogP contribution in [-0.2, 0) is 5.41 Å². The first-order valence-electron chi connectivity index (χ1n) is 17.7. The minimum Gasteiger partial charge on any atom is -0.310 e. The third-order valence-corrected chi connectivity index (χ3v) is 10.7. The molecular weight excluding hydrogens is 623 g/mol. The molecule has 10 rings (SSSR count). The Bertz CT molecular complexity index is 2700. The van der Waals surface area contributed by atoms with Gasteiger partial charge in [-0.25, -0.2) is 4.98 Å².